The van der Waals surface area contributed by atoms with Crippen molar-refractivity contribution < 1.29 is 9.13 Å². The SMILES string of the molecule is CCOc1ccc(C(C#N)NCc2ccccc2F)cc1. The van der Waals surface area contributed by atoms with Gasteiger partial charge in [0.2, 0.25) is 0 Å². The van der Waals surface area contributed by atoms with E-state index in [-0.39, 0.29) is 5.82 Å². The normalized spacial score (nSPS) is 11.7. The largest absolute Gasteiger partial charge is 0.494 e. The van der Waals surface area contributed by atoms with E-state index in [4.69, 9.17) is 4.74 Å². The zero-order chi connectivity index (χ0) is 15.1. The summed E-state index contributed by atoms with van der Waals surface area (Å²) in [6.45, 7) is 2.83. The van der Waals surface area contributed by atoms with E-state index >= 15 is 0 Å². The number of rotatable bonds is 6. The minimum atomic E-state index is -0.486. The molecule has 0 spiro atoms. The summed E-state index contributed by atoms with van der Waals surface area (Å²) in [7, 11) is 0. The fourth-order valence-electron chi connectivity index (χ4n) is 2.01. The molecule has 108 valence electrons. The van der Waals surface area contributed by atoms with Gasteiger partial charge in [-0.1, -0.05) is 30.3 Å². The standard InChI is InChI=1S/C17H17FN2O/c1-2-21-15-9-7-13(8-10-15)17(11-19)20-12-14-5-3-4-6-16(14)18/h3-10,17,20H,2,12H2,1H3. The second-order valence-corrected chi connectivity index (χ2v) is 4.54. The van der Waals surface area contributed by atoms with Crippen LogP contribution in [0.25, 0.3) is 0 Å². The molecule has 1 unspecified atom stereocenters. The maximum absolute atomic E-state index is 13.5. The van der Waals surface area contributed by atoms with Crippen LogP contribution in [0.2, 0.25) is 0 Å². The average molecular weight is 284 g/mol. The summed E-state index contributed by atoms with van der Waals surface area (Å²) in [4.78, 5) is 0. The van der Waals surface area contributed by atoms with E-state index in [9.17, 15) is 9.65 Å². The molecule has 0 fully saturated rings. The number of nitrogens with one attached hydrogen (secondary N) is 1. The Morgan fingerprint density at radius 1 is 1.19 bits per heavy atom. The Kier molecular flexibility index (Phi) is 5.30. The van der Waals surface area contributed by atoms with Crippen LogP contribution in [0.5, 0.6) is 5.75 Å². The van der Waals surface area contributed by atoms with Crippen molar-refractivity contribution in [3.05, 3.63) is 65.5 Å². The maximum Gasteiger partial charge on any atom is 0.127 e. The predicted octanol–water partition coefficient (Wildman–Crippen LogP) is 3.58. The van der Waals surface area contributed by atoms with Gasteiger partial charge in [0.05, 0.1) is 12.7 Å². The fourth-order valence-corrected chi connectivity index (χ4v) is 2.01. The van der Waals surface area contributed by atoms with Crippen LogP contribution in [-0.2, 0) is 6.54 Å². The Morgan fingerprint density at radius 2 is 1.90 bits per heavy atom. The molecule has 0 aromatic heterocycles. The Bertz CT molecular complexity index is 619. The van der Waals surface area contributed by atoms with Crippen LogP contribution in [0, 0.1) is 17.1 Å². The lowest BCUT2D eigenvalue weighted by atomic mass is 10.1. The van der Waals surface area contributed by atoms with E-state index < -0.39 is 6.04 Å². The summed E-state index contributed by atoms with van der Waals surface area (Å²) in [6, 6.07) is 15.6. The first-order valence-electron chi connectivity index (χ1n) is 6.83. The smallest absolute Gasteiger partial charge is 0.127 e. The van der Waals surface area contributed by atoms with Gasteiger partial charge in [-0.05, 0) is 30.7 Å². The third-order valence-electron chi connectivity index (χ3n) is 3.11. The molecule has 3 nitrogen and oxygen atoms in total. The molecule has 2 rings (SSSR count). The van der Waals surface area contributed by atoms with Crippen molar-refractivity contribution in [2.24, 2.45) is 0 Å². The minimum absolute atomic E-state index is 0.270. The maximum atomic E-state index is 13.5. The van der Waals surface area contributed by atoms with Gasteiger partial charge in [0, 0.05) is 12.1 Å². The number of hydrogen-bond acceptors (Lipinski definition) is 3. The molecule has 0 aliphatic heterocycles. The van der Waals surface area contributed by atoms with E-state index in [1.165, 1.54) is 6.07 Å². The number of nitriles is 1. The van der Waals surface area contributed by atoms with Crippen LogP contribution in [0.4, 0.5) is 4.39 Å². The van der Waals surface area contributed by atoms with Crippen molar-refractivity contribution in [3.63, 3.8) is 0 Å². The second kappa shape index (κ2) is 7.41. The van der Waals surface area contributed by atoms with E-state index in [1.54, 1.807) is 18.2 Å². The lowest BCUT2D eigenvalue weighted by Crippen LogP contribution is -2.20. The number of halogens is 1. The molecule has 1 atom stereocenters. The molecule has 2 aromatic carbocycles. The molecule has 21 heavy (non-hydrogen) atoms. The van der Waals surface area contributed by atoms with E-state index in [2.05, 4.69) is 11.4 Å². The number of nitrogens with zero attached hydrogens (tertiary/aromatic N) is 1. The zero-order valence-electron chi connectivity index (χ0n) is 11.8. The van der Waals surface area contributed by atoms with Gasteiger partial charge < -0.3 is 4.74 Å². The van der Waals surface area contributed by atoms with Gasteiger partial charge in [-0.2, -0.15) is 5.26 Å². The van der Waals surface area contributed by atoms with Gasteiger partial charge in [-0.3, -0.25) is 5.32 Å². The van der Waals surface area contributed by atoms with Gasteiger partial charge in [0.25, 0.3) is 0 Å². The van der Waals surface area contributed by atoms with E-state index in [1.807, 2.05) is 31.2 Å². The highest BCUT2D eigenvalue weighted by molar-refractivity contribution is 5.31. The summed E-state index contributed by atoms with van der Waals surface area (Å²) >= 11 is 0. The molecular weight excluding hydrogens is 267 g/mol. The topological polar surface area (TPSA) is 45.0 Å². The van der Waals surface area contributed by atoms with Crippen molar-refractivity contribution >= 4 is 0 Å². The number of ether oxygens (including phenoxy) is 1. The first-order chi connectivity index (χ1) is 10.2. The van der Waals surface area contributed by atoms with Crippen LogP contribution in [0.1, 0.15) is 24.1 Å². The van der Waals surface area contributed by atoms with Crippen LogP contribution in [0.15, 0.2) is 48.5 Å². The summed E-state index contributed by atoms with van der Waals surface area (Å²) in [5.74, 6) is 0.500. The van der Waals surface area contributed by atoms with Gasteiger partial charge in [0.15, 0.2) is 0 Å². The quantitative estimate of drug-likeness (QED) is 0.882. The van der Waals surface area contributed by atoms with Crippen molar-refractivity contribution in [2.45, 2.75) is 19.5 Å². The second-order valence-electron chi connectivity index (χ2n) is 4.54. The molecule has 4 heteroatoms. The third kappa shape index (κ3) is 4.04. The average Bonchev–Trinajstić information content (AvgIpc) is 2.51. The Morgan fingerprint density at radius 3 is 2.52 bits per heavy atom. The Hall–Kier alpha value is -2.38. The van der Waals surface area contributed by atoms with Gasteiger partial charge in [-0.25, -0.2) is 4.39 Å². The van der Waals surface area contributed by atoms with Crippen LogP contribution >= 0.6 is 0 Å². The molecule has 0 heterocycles. The minimum Gasteiger partial charge on any atom is -0.494 e. The monoisotopic (exact) mass is 284 g/mol. The van der Waals surface area contributed by atoms with Gasteiger partial charge >= 0.3 is 0 Å². The summed E-state index contributed by atoms with van der Waals surface area (Å²) in [6.07, 6.45) is 0. The zero-order valence-corrected chi connectivity index (χ0v) is 11.8. The first kappa shape index (κ1) is 15.0. The summed E-state index contributed by atoms with van der Waals surface area (Å²) in [5, 5.41) is 12.3. The molecule has 0 radical (unpaired) electrons. The fraction of sp³-hybridized carbons (Fsp3) is 0.235. The van der Waals surface area contributed by atoms with E-state index in [0.717, 1.165) is 11.3 Å². The third-order valence-corrected chi connectivity index (χ3v) is 3.11. The highest BCUT2D eigenvalue weighted by Gasteiger charge is 2.11. The number of hydrogen-bond donors (Lipinski definition) is 1. The van der Waals surface area contributed by atoms with Crippen LogP contribution in [0.3, 0.4) is 0 Å². The van der Waals surface area contributed by atoms with Crippen molar-refractivity contribution in [1.82, 2.24) is 5.32 Å². The first-order valence-corrected chi connectivity index (χ1v) is 6.83. The lowest BCUT2D eigenvalue weighted by Gasteiger charge is -2.13. The summed E-state index contributed by atoms with van der Waals surface area (Å²) in [5.41, 5.74) is 1.38. The van der Waals surface area contributed by atoms with Gasteiger partial charge in [0.1, 0.15) is 17.6 Å². The summed E-state index contributed by atoms with van der Waals surface area (Å²) < 4.78 is 18.9. The molecule has 0 aliphatic rings. The molecule has 1 N–H and O–H groups in total. The Balaban J connectivity index is 2.03. The highest BCUT2D eigenvalue weighted by atomic mass is 19.1. The van der Waals surface area contributed by atoms with Crippen LogP contribution in [-0.4, -0.2) is 6.61 Å². The molecular formula is C17H17FN2O. The van der Waals surface area contributed by atoms with Crippen LogP contribution < -0.4 is 10.1 Å². The molecule has 0 bridgehead atoms. The molecule has 0 saturated carbocycles. The van der Waals surface area contributed by atoms with E-state index in [0.29, 0.717) is 18.7 Å². The lowest BCUT2D eigenvalue weighted by molar-refractivity contribution is 0.340. The van der Waals surface area contributed by atoms with Gasteiger partial charge in [-0.15, -0.1) is 0 Å². The molecule has 0 amide bonds. The molecule has 2 aromatic rings. The van der Waals surface area contributed by atoms with Crippen molar-refractivity contribution in [2.75, 3.05) is 6.61 Å². The molecule has 0 saturated heterocycles. The molecule has 0 aliphatic carbocycles. The highest BCUT2D eigenvalue weighted by Crippen LogP contribution is 2.18. The van der Waals surface area contributed by atoms with Crippen molar-refractivity contribution in [1.29, 1.82) is 5.26 Å². The predicted molar refractivity (Wildman–Crippen MR) is 79.2 cm³/mol. The Labute approximate surface area is 124 Å². The van der Waals surface area contributed by atoms with Crippen molar-refractivity contribution in [3.8, 4) is 11.8 Å². The number of benzene rings is 2.